The summed E-state index contributed by atoms with van der Waals surface area (Å²) < 4.78 is 5.20. The Morgan fingerprint density at radius 2 is 2.11 bits per heavy atom. The molecule has 0 aliphatic carbocycles. The number of benzene rings is 1. The molecule has 2 aromatic rings. The van der Waals surface area contributed by atoms with Crippen molar-refractivity contribution < 1.29 is 4.74 Å². The number of ether oxygens (including phenoxy) is 1. The molecule has 88 valence electrons. The van der Waals surface area contributed by atoms with E-state index < -0.39 is 6.23 Å². The van der Waals surface area contributed by atoms with E-state index in [0.717, 1.165) is 10.9 Å². The minimum Gasteiger partial charge on any atom is -0.471 e. The molecule has 0 amide bonds. The number of azo groups is 1. The normalized spacial score (nSPS) is 18.3. The van der Waals surface area contributed by atoms with Gasteiger partial charge in [0.05, 0.1) is 11.8 Å². The summed E-state index contributed by atoms with van der Waals surface area (Å²) in [5.41, 5.74) is 0.849. The first-order chi connectivity index (χ1) is 8.92. The van der Waals surface area contributed by atoms with E-state index in [4.69, 9.17) is 4.74 Å². The predicted octanol–water partition coefficient (Wildman–Crippen LogP) is 3.14. The van der Waals surface area contributed by atoms with Gasteiger partial charge in [-0.05, 0) is 18.2 Å². The summed E-state index contributed by atoms with van der Waals surface area (Å²) >= 11 is 0. The lowest BCUT2D eigenvalue weighted by Crippen LogP contribution is -2.02. The average Bonchev–Trinajstić information content (AvgIpc) is 2.46. The fraction of sp³-hybridized carbons (Fsp3) is 0.0769. The molecular weight excluding hydrogens is 228 g/mol. The Hall–Kier alpha value is -2.56. The monoisotopic (exact) mass is 238 g/mol. The van der Waals surface area contributed by atoms with Crippen molar-refractivity contribution in [1.29, 1.82) is 0 Å². The first-order valence-electron chi connectivity index (χ1n) is 5.53. The van der Waals surface area contributed by atoms with Gasteiger partial charge in [0, 0.05) is 11.6 Å². The van der Waals surface area contributed by atoms with Gasteiger partial charge >= 0.3 is 0 Å². The fourth-order valence-corrected chi connectivity index (χ4v) is 1.56. The molecule has 0 saturated heterocycles. The Kier molecular flexibility index (Phi) is 2.79. The average molecular weight is 238 g/mol. The van der Waals surface area contributed by atoms with Crippen LogP contribution >= 0.6 is 0 Å². The van der Waals surface area contributed by atoms with Gasteiger partial charge in [0.2, 0.25) is 6.23 Å². The van der Waals surface area contributed by atoms with E-state index in [1.165, 1.54) is 0 Å². The zero-order valence-electron chi connectivity index (χ0n) is 9.47. The molecule has 1 unspecified atom stereocenters. The van der Waals surface area contributed by atoms with Gasteiger partial charge in [0.15, 0.2) is 0 Å². The highest BCUT2D eigenvalue weighted by atomic mass is 16.5. The molecule has 5 nitrogen and oxygen atoms in total. The van der Waals surface area contributed by atoms with Crippen LogP contribution in [-0.4, -0.2) is 16.2 Å². The molecule has 18 heavy (non-hydrogen) atoms. The van der Waals surface area contributed by atoms with Crippen molar-refractivity contribution in [2.75, 3.05) is 0 Å². The van der Waals surface area contributed by atoms with Crippen LogP contribution in [0.3, 0.4) is 0 Å². The smallest absolute Gasteiger partial charge is 0.269 e. The Morgan fingerprint density at radius 1 is 1.17 bits per heavy atom. The quantitative estimate of drug-likeness (QED) is 0.755. The van der Waals surface area contributed by atoms with Gasteiger partial charge in [-0.15, -0.1) is 10.2 Å². The van der Waals surface area contributed by atoms with E-state index in [0.29, 0.717) is 5.95 Å². The lowest BCUT2D eigenvalue weighted by atomic mass is 10.2. The van der Waals surface area contributed by atoms with E-state index in [9.17, 15) is 0 Å². The van der Waals surface area contributed by atoms with Gasteiger partial charge in [-0.3, -0.25) is 0 Å². The van der Waals surface area contributed by atoms with Crippen LogP contribution in [0.15, 0.2) is 65.2 Å². The summed E-state index contributed by atoms with van der Waals surface area (Å²) in [5, 5.41) is 8.95. The van der Waals surface area contributed by atoms with Gasteiger partial charge in [-0.25, -0.2) is 9.97 Å². The van der Waals surface area contributed by atoms with Gasteiger partial charge in [-0.2, -0.15) is 0 Å². The summed E-state index contributed by atoms with van der Waals surface area (Å²) in [4.78, 5) is 8.41. The Labute approximate surface area is 104 Å². The molecule has 1 atom stereocenters. The fourth-order valence-electron chi connectivity index (χ4n) is 1.56. The first-order valence-corrected chi connectivity index (χ1v) is 5.53. The van der Waals surface area contributed by atoms with Crippen molar-refractivity contribution in [3.8, 4) is 0 Å². The SMILES string of the molecule is C1=COC(N=Nc2ncc3ccccc3n2)C=C1. The minimum atomic E-state index is -0.398. The second kappa shape index (κ2) is 4.75. The summed E-state index contributed by atoms with van der Waals surface area (Å²) in [5.74, 6) is 0.334. The molecule has 0 saturated carbocycles. The largest absolute Gasteiger partial charge is 0.471 e. The van der Waals surface area contributed by atoms with E-state index in [1.807, 2.05) is 30.3 Å². The number of hydrogen-bond acceptors (Lipinski definition) is 5. The maximum absolute atomic E-state index is 5.20. The highest BCUT2D eigenvalue weighted by Gasteiger charge is 2.03. The van der Waals surface area contributed by atoms with Crippen LogP contribution in [0.1, 0.15) is 0 Å². The standard InChI is InChI=1S/C13H10N4O/c1-2-6-11-10(5-1)9-14-13(15-11)17-16-12-7-3-4-8-18-12/h1-9,12H. The third-order valence-corrected chi connectivity index (χ3v) is 2.42. The van der Waals surface area contributed by atoms with E-state index in [2.05, 4.69) is 20.2 Å². The number of fused-ring (bicyclic) bond motifs is 1. The number of hydrogen-bond donors (Lipinski definition) is 0. The van der Waals surface area contributed by atoms with Crippen LogP contribution in [0.4, 0.5) is 5.95 Å². The zero-order chi connectivity index (χ0) is 12.2. The van der Waals surface area contributed by atoms with Crippen LogP contribution in [0.25, 0.3) is 10.9 Å². The molecule has 0 radical (unpaired) electrons. The van der Waals surface area contributed by atoms with Crippen LogP contribution in [0.2, 0.25) is 0 Å². The van der Waals surface area contributed by atoms with E-state index in [-0.39, 0.29) is 0 Å². The summed E-state index contributed by atoms with van der Waals surface area (Å²) in [6, 6.07) is 7.73. The molecule has 1 aromatic carbocycles. The predicted molar refractivity (Wildman–Crippen MR) is 67.2 cm³/mol. The molecular formula is C13H10N4O. The molecule has 5 heteroatoms. The summed E-state index contributed by atoms with van der Waals surface area (Å²) in [6.45, 7) is 0. The number of rotatable bonds is 2. The highest BCUT2D eigenvalue weighted by Crippen LogP contribution is 2.14. The number of allylic oxidation sites excluding steroid dienone is 2. The number of para-hydroxylation sites is 1. The highest BCUT2D eigenvalue weighted by molar-refractivity contribution is 5.78. The van der Waals surface area contributed by atoms with Crippen molar-refractivity contribution in [3.63, 3.8) is 0 Å². The molecule has 0 bridgehead atoms. The summed E-state index contributed by atoms with van der Waals surface area (Å²) in [6.07, 6.45) is 8.35. The lowest BCUT2D eigenvalue weighted by molar-refractivity contribution is 0.185. The molecule has 3 rings (SSSR count). The van der Waals surface area contributed by atoms with Crippen LogP contribution in [0, 0.1) is 0 Å². The minimum absolute atomic E-state index is 0.334. The maximum atomic E-state index is 5.20. The van der Waals surface area contributed by atoms with Crippen LogP contribution in [0.5, 0.6) is 0 Å². The molecule has 0 N–H and O–H groups in total. The topological polar surface area (TPSA) is 59.7 Å². The van der Waals surface area contributed by atoms with Gasteiger partial charge in [0.1, 0.15) is 0 Å². The number of nitrogens with zero attached hydrogens (tertiary/aromatic N) is 4. The third kappa shape index (κ3) is 2.24. The molecule has 1 aliphatic heterocycles. The van der Waals surface area contributed by atoms with Gasteiger partial charge < -0.3 is 4.74 Å². The Bertz CT molecular complexity index is 648. The van der Waals surface area contributed by atoms with Crippen molar-refractivity contribution in [2.24, 2.45) is 10.2 Å². The Morgan fingerprint density at radius 3 is 3.00 bits per heavy atom. The zero-order valence-corrected chi connectivity index (χ0v) is 9.47. The molecule has 1 aromatic heterocycles. The molecule has 1 aliphatic rings. The second-order valence-corrected chi connectivity index (χ2v) is 3.68. The van der Waals surface area contributed by atoms with Crippen LogP contribution in [-0.2, 0) is 4.74 Å². The molecule has 0 fully saturated rings. The summed E-state index contributed by atoms with van der Waals surface area (Å²) in [7, 11) is 0. The molecule has 2 heterocycles. The Balaban J connectivity index is 1.84. The van der Waals surface area contributed by atoms with Crippen molar-refractivity contribution in [1.82, 2.24) is 9.97 Å². The first kappa shape index (κ1) is 10.6. The third-order valence-electron chi connectivity index (χ3n) is 2.42. The van der Waals surface area contributed by atoms with Gasteiger partial charge in [0.25, 0.3) is 5.95 Å². The second-order valence-electron chi connectivity index (χ2n) is 3.68. The molecule has 0 spiro atoms. The van der Waals surface area contributed by atoms with Crippen LogP contribution < -0.4 is 0 Å². The van der Waals surface area contributed by atoms with E-state index in [1.54, 1.807) is 24.6 Å². The van der Waals surface area contributed by atoms with Crippen molar-refractivity contribution in [2.45, 2.75) is 6.23 Å². The van der Waals surface area contributed by atoms with Gasteiger partial charge in [-0.1, -0.05) is 24.3 Å². The van der Waals surface area contributed by atoms with E-state index >= 15 is 0 Å². The maximum Gasteiger partial charge on any atom is 0.269 e. The van der Waals surface area contributed by atoms with Crippen molar-refractivity contribution in [3.05, 3.63) is 55.0 Å². The number of aromatic nitrogens is 2. The lowest BCUT2D eigenvalue weighted by Gasteiger charge is -2.07. The van der Waals surface area contributed by atoms with Crippen molar-refractivity contribution >= 4 is 16.9 Å².